The summed E-state index contributed by atoms with van der Waals surface area (Å²) in [5.74, 6) is -0.246. The number of aromatic amines is 1. The number of imidazole rings is 1. The molecule has 0 spiro atoms. The molecule has 0 radical (unpaired) electrons. The molecule has 0 aliphatic rings. The zero-order valence-corrected chi connectivity index (χ0v) is 11.4. The largest absolute Gasteiger partial charge is 0.341 e. The van der Waals surface area contributed by atoms with Crippen molar-refractivity contribution in [1.82, 2.24) is 29.7 Å². The molecule has 102 valence electrons. The van der Waals surface area contributed by atoms with Gasteiger partial charge >= 0.3 is 0 Å². The Bertz CT molecular complexity index is 806. The van der Waals surface area contributed by atoms with Crippen molar-refractivity contribution < 1.29 is 4.79 Å². The Morgan fingerprint density at radius 2 is 2.25 bits per heavy atom. The van der Waals surface area contributed by atoms with E-state index >= 15 is 0 Å². The minimum absolute atomic E-state index is 0.0999. The number of carbonyl (C=O) groups excluding carboxylic acids is 1. The maximum Gasteiger partial charge on any atom is 0.261 e. The zero-order chi connectivity index (χ0) is 14.3. The van der Waals surface area contributed by atoms with Gasteiger partial charge in [-0.15, -0.1) is 0 Å². The monoisotopic (exact) mass is 291 g/mol. The third-order valence-corrected chi connectivity index (χ3v) is 3.22. The lowest BCUT2D eigenvalue weighted by Gasteiger charge is -2.03. The smallest absolute Gasteiger partial charge is 0.261 e. The second-order valence-corrected chi connectivity index (χ2v) is 4.52. The number of carbonyl (C=O) groups is 1. The molecule has 20 heavy (non-hydrogen) atoms. The van der Waals surface area contributed by atoms with E-state index in [1.807, 2.05) is 0 Å². The van der Waals surface area contributed by atoms with Gasteiger partial charge in [0.25, 0.3) is 5.91 Å². The summed E-state index contributed by atoms with van der Waals surface area (Å²) in [7, 11) is 1.76. The summed E-state index contributed by atoms with van der Waals surface area (Å²) in [6.45, 7) is 1.80. The van der Waals surface area contributed by atoms with Crippen molar-refractivity contribution in [3.63, 3.8) is 0 Å². The summed E-state index contributed by atoms with van der Waals surface area (Å²) in [4.78, 5) is 27.0. The quantitative estimate of drug-likeness (QED) is 0.693. The van der Waals surface area contributed by atoms with E-state index in [4.69, 9.17) is 11.6 Å². The van der Waals surface area contributed by atoms with Crippen molar-refractivity contribution in [1.29, 1.82) is 0 Å². The molecule has 0 fully saturated rings. The molecule has 0 saturated heterocycles. The molecule has 3 rings (SSSR count). The van der Waals surface area contributed by atoms with Gasteiger partial charge in [0.1, 0.15) is 5.52 Å². The number of nitrogens with zero attached hydrogens (tertiary/aromatic N) is 5. The van der Waals surface area contributed by atoms with E-state index in [1.165, 1.54) is 12.5 Å². The van der Waals surface area contributed by atoms with Crippen LogP contribution in [0.5, 0.6) is 0 Å². The van der Waals surface area contributed by atoms with E-state index in [0.29, 0.717) is 16.7 Å². The van der Waals surface area contributed by atoms with Gasteiger partial charge in [-0.1, -0.05) is 11.6 Å². The maximum absolute atomic E-state index is 12.1. The molecular formula is C11H10ClN7O. The van der Waals surface area contributed by atoms with Crippen LogP contribution in [0.1, 0.15) is 16.1 Å². The Hall–Kier alpha value is -2.48. The molecule has 3 aromatic heterocycles. The molecule has 9 heteroatoms. The summed E-state index contributed by atoms with van der Waals surface area (Å²) in [5, 5.41) is 6.79. The van der Waals surface area contributed by atoms with Gasteiger partial charge in [-0.3, -0.25) is 14.8 Å². The predicted octanol–water partition coefficient (Wildman–Crippen LogP) is 1.30. The van der Waals surface area contributed by atoms with Gasteiger partial charge in [-0.05, 0) is 6.92 Å². The lowest BCUT2D eigenvalue weighted by Crippen LogP contribution is -2.15. The Balaban J connectivity index is 1.93. The van der Waals surface area contributed by atoms with Gasteiger partial charge < -0.3 is 4.98 Å². The highest BCUT2D eigenvalue weighted by molar-refractivity contribution is 6.33. The molecule has 0 aliphatic carbocycles. The predicted molar refractivity (Wildman–Crippen MR) is 72.6 cm³/mol. The average Bonchev–Trinajstić information content (AvgIpc) is 2.98. The molecule has 0 bridgehead atoms. The first kappa shape index (κ1) is 12.5. The SMILES string of the molecule is Cc1c(C(=O)Nc2nc(Cl)c3[nH]cnc3n2)cnn1C. The topological polar surface area (TPSA) is 101 Å². The number of fused-ring (bicyclic) bond motifs is 1. The third kappa shape index (κ3) is 1.99. The number of aryl methyl sites for hydroxylation is 1. The number of nitrogens with one attached hydrogen (secondary N) is 2. The Labute approximate surface area is 118 Å². The molecule has 0 aromatic carbocycles. The fourth-order valence-electron chi connectivity index (χ4n) is 1.74. The van der Waals surface area contributed by atoms with Crippen LogP contribution in [0, 0.1) is 6.92 Å². The van der Waals surface area contributed by atoms with Crippen LogP contribution in [0.25, 0.3) is 11.2 Å². The number of aromatic nitrogens is 6. The van der Waals surface area contributed by atoms with E-state index in [2.05, 4.69) is 30.4 Å². The third-order valence-electron chi connectivity index (χ3n) is 2.95. The van der Waals surface area contributed by atoms with E-state index < -0.39 is 0 Å². The van der Waals surface area contributed by atoms with Crippen molar-refractivity contribution in [3.8, 4) is 0 Å². The standard InChI is InChI=1S/C11H10ClN7O/c1-5-6(3-15-19(5)2)10(20)18-11-16-8(12)7-9(17-11)14-4-13-7/h3-4H,1-2H3,(H2,13,14,16,17,18,20). The second kappa shape index (κ2) is 4.57. The number of anilines is 1. The van der Waals surface area contributed by atoms with Crippen LogP contribution >= 0.6 is 11.6 Å². The van der Waals surface area contributed by atoms with Crippen LogP contribution in [0.3, 0.4) is 0 Å². The maximum atomic E-state index is 12.1. The van der Waals surface area contributed by atoms with E-state index in [-0.39, 0.29) is 17.0 Å². The number of halogens is 1. The van der Waals surface area contributed by atoms with E-state index in [0.717, 1.165) is 5.69 Å². The molecule has 8 nitrogen and oxygen atoms in total. The first-order chi connectivity index (χ1) is 9.56. The minimum atomic E-state index is -0.346. The van der Waals surface area contributed by atoms with Gasteiger partial charge in [0.05, 0.1) is 18.1 Å². The minimum Gasteiger partial charge on any atom is -0.341 e. The van der Waals surface area contributed by atoms with Crippen molar-refractivity contribution in [2.24, 2.45) is 7.05 Å². The van der Waals surface area contributed by atoms with Crippen molar-refractivity contribution in [2.75, 3.05) is 5.32 Å². The number of rotatable bonds is 2. The molecule has 0 atom stereocenters. The van der Waals surface area contributed by atoms with Crippen molar-refractivity contribution in [3.05, 3.63) is 28.9 Å². The highest BCUT2D eigenvalue weighted by Crippen LogP contribution is 2.18. The van der Waals surface area contributed by atoms with Crippen molar-refractivity contribution in [2.45, 2.75) is 6.92 Å². The van der Waals surface area contributed by atoms with Gasteiger partial charge in [-0.2, -0.15) is 15.1 Å². The first-order valence-electron chi connectivity index (χ1n) is 5.73. The van der Waals surface area contributed by atoms with E-state index in [1.54, 1.807) is 18.7 Å². The molecule has 1 amide bonds. The zero-order valence-electron chi connectivity index (χ0n) is 10.7. The Kier molecular flexibility index (Phi) is 2.87. The lowest BCUT2D eigenvalue weighted by atomic mass is 10.2. The second-order valence-electron chi connectivity index (χ2n) is 4.16. The molecular weight excluding hydrogens is 282 g/mol. The summed E-state index contributed by atoms with van der Waals surface area (Å²) < 4.78 is 1.61. The molecule has 2 N–H and O–H groups in total. The Morgan fingerprint density at radius 1 is 1.45 bits per heavy atom. The Morgan fingerprint density at radius 3 is 2.95 bits per heavy atom. The first-order valence-corrected chi connectivity index (χ1v) is 6.10. The average molecular weight is 292 g/mol. The van der Waals surface area contributed by atoms with E-state index in [9.17, 15) is 4.79 Å². The van der Waals surface area contributed by atoms with Crippen LogP contribution in [0.2, 0.25) is 5.15 Å². The number of H-pyrrole nitrogens is 1. The van der Waals surface area contributed by atoms with Crippen LogP contribution in [0.4, 0.5) is 5.95 Å². The summed E-state index contributed by atoms with van der Waals surface area (Å²) >= 11 is 5.98. The highest BCUT2D eigenvalue weighted by atomic mass is 35.5. The van der Waals surface area contributed by atoms with Crippen LogP contribution in [0.15, 0.2) is 12.5 Å². The van der Waals surface area contributed by atoms with Gasteiger partial charge in [0, 0.05) is 12.7 Å². The van der Waals surface area contributed by atoms with Crippen molar-refractivity contribution >= 4 is 34.6 Å². The van der Waals surface area contributed by atoms with Crippen LogP contribution in [-0.2, 0) is 7.05 Å². The number of hydrogen-bond acceptors (Lipinski definition) is 5. The van der Waals surface area contributed by atoms with Crippen LogP contribution in [-0.4, -0.2) is 35.6 Å². The van der Waals surface area contributed by atoms with Gasteiger partial charge in [-0.25, -0.2) is 4.98 Å². The van der Waals surface area contributed by atoms with Gasteiger partial charge in [0.2, 0.25) is 5.95 Å². The number of hydrogen-bond donors (Lipinski definition) is 2. The van der Waals surface area contributed by atoms with Crippen LogP contribution < -0.4 is 5.32 Å². The molecule has 0 saturated carbocycles. The molecule has 3 heterocycles. The van der Waals surface area contributed by atoms with Gasteiger partial charge in [0.15, 0.2) is 10.8 Å². The molecule has 3 aromatic rings. The normalized spacial score (nSPS) is 10.9. The number of amides is 1. The fourth-order valence-corrected chi connectivity index (χ4v) is 1.96. The summed E-state index contributed by atoms with van der Waals surface area (Å²) in [6.07, 6.45) is 2.95. The summed E-state index contributed by atoms with van der Waals surface area (Å²) in [6, 6.07) is 0. The lowest BCUT2D eigenvalue weighted by molar-refractivity contribution is 0.102. The summed E-state index contributed by atoms with van der Waals surface area (Å²) in [5.41, 5.74) is 2.12. The fraction of sp³-hybridized carbons (Fsp3) is 0.182. The molecule has 0 aliphatic heterocycles. The molecule has 0 unspecified atom stereocenters. The highest BCUT2D eigenvalue weighted by Gasteiger charge is 2.15.